The summed E-state index contributed by atoms with van der Waals surface area (Å²) in [5.74, 6) is -0.700. The fourth-order valence-corrected chi connectivity index (χ4v) is 2.14. The highest BCUT2D eigenvalue weighted by Crippen LogP contribution is 2.25. The van der Waals surface area contributed by atoms with E-state index in [1.165, 1.54) is 0 Å². The number of benzene rings is 2. The van der Waals surface area contributed by atoms with E-state index in [9.17, 15) is 9.90 Å². The van der Waals surface area contributed by atoms with Crippen molar-refractivity contribution in [2.45, 2.75) is 12.5 Å². The fraction of sp³-hybridized carbons (Fsp3) is 0.133. The standard InChI is InChI=1S/C15H12Cl2O3/c16-11-5-3-4-10(8-11)9-14(15(18)19)20-13-7-2-1-6-12(13)17/h1-8,14H,9H2,(H,18,19)/t14-/m0/s1. The summed E-state index contributed by atoms with van der Waals surface area (Å²) in [4.78, 5) is 11.3. The van der Waals surface area contributed by atoms with Crippen LogP contribution in [0.25, 0.3) is 0 Å². The molecule has 0 amide bonds. The minimum atomic E-state index is -1.05. The maximum absolute atomic E-state index is 11.3. The van der Waals surface area contributed by atoms with Crippen molar-refractivity contribution in [3.8, 4) is 5.75 Å². The summed E-state index contributed by atoms with van der Waals surface area (Å²) in [6.07, 6.45) is -0.811. The van der Waals surface area contributed by atoms with Crippen LogP contribution in [0.5, 0.6) is 5.75 Å². The number of aliphatic carboxylic acids is 1. The number of rotatable bonds is 5. The third-order valence-corrected chi connectivity index (χ3v) is 3.24. The van der Waals surface area contributed by atoms with Gasteiger partial charge in [0.15, 0.2) is 6.10 Å². The molecule has 20 heavy (non-hydrogen) atoms. The quantitative estimate of drug-likeness (QED) is 0.905. The van der Waals surface area contributed by atoms with Crippen LogP contribution in [0.3, 0.4) is 0 Å². The van der Waals surface area contributed by atoms with Gasteiger partial charge in [0.25, 0.3) is 0 Å². The highest BCUT2D eigenvalue weighted by atomic mass is 35.5. The lowest BCUT2D eigenvalue weighted by Crippen LogP contribution is -2.29. The number of hydrogen-bond acceptors (Lipinski definition) is 2. The summed E-state index contributed by atoms with van der Waals surface area (Å²) in [6, 6.07) is 13.8. The van der Waals surface area contributed by atoms with E-state index in [2.05, 4.69) is 0 Å². The molecular weight excluding hydrogens is 299 g/mol. The molecule has 2 aromatic carbocycles. The Morgan fingerprint density at radius 1 is 1.15 bits per heavy atom. The summed E-state index contributed by atoms with van der Waals surface area (Å²) >= 11 is 11.8. The average Bonchev–Trinajstić information content (AvgIpc) is 2.40. The summed E-state index contributed by atoms with van der Waals surface area (Å²) in [6.45, 7) is 0. The zero-order valence-corrected chi connectivity index (χ0v) is 11.9. The van der Waals surface area contributed by atoms with Gasteiger partial charge in [0.1, 0.15) is 5.75 Å². The summed E-state index contributed by atoms with van der Waals surface area (Å²) in [5.41, 5.74) is 0.789. The maximum atomic E-state index is 11.3. The monoisotopic (exact) mass is 310 g/mol. The lowest BCUT2D eigenvalue weighted by Gasteiger charge is -2.16. The van der Waals surface area contributed by atoms with Crippen LogP contribution in [0.15, 0.2) is 48.5 Å². The zero-order chi connectivity index (χ0) is 14.5. The first-order valence-corrected chi connectivity index (χ1v) is 6.70. The van der Waals surface area contributed by atoms with Crippen molar-refractivity contribution >= 4 is 29.2 Å². The predicted octanol–water partition coefficient (Wildman–Crippen LogP) is 4.07. The Bertz CT molecular complexity index is 614. The van der Waals surface area contributed by atoms with E-state index in [1.807, 2.05) is 0 Å². The van der Waals surface area contributed by atoms with Gasteiger partial charge in [-0.1, -0.05) is 47.5 Å². The van der Waals surface area contributed by atoms with Gasteiger partial charge < -0.3 is 9.84 Å². The predicted molar refractivity (Wildman–Crippen MR) is 78.7 cm³/mol. The minimum absolute atomic E-state index is 0.209. The number of para-hydroxylation sites is 1. The van der Waals surface area contributed by atoms with Crippen molar-refractivity contribution in [3.63, 3.8) is 0 Å². The van der Waals surface area contributed by atoms with E-state index < -0.39 is 12.1 Å². The van der Waals surface area contributed by atoms with E-state index in [-0.39, 0.29) is 6.42 Å². The molecule has 0 saturated heterocycles. The molecule has 0 aromatic heterocycles. The van der Waals surface area contributed by atoms with Crippen LogP contribution in [0, 0.1) is 0 Å². The summed E-state index contributed by atoms with van der Waals surface area (Å²) in [7, 11) is 0. The van der Waals surface area contributed by atoms with Crippen molar-refractivity contribution in [2.24, 2.45) is 0 Å². The van der Waals surface area contributed by atoms with Crippen LogP contribution in [0.1, 0.15) is 5.56 Å². The second-order valence-electron chi connectivity index (χ2n) is 4.21. The van der Waals surface area contributed by atoms with Gasteiger partial charge in [-0.2, -0.15) is 0 Å². The maximum Gasteiger partial charge on any atom is 0.345 e. The van der Waals surface area contributed by atoms with Crippen molar-refractivity contribution in [1.29, 1.82) is 0 Å². The summed E-state index contributed by atoms with van der Waals surface area (Å²) < 4.78 is 5.48. The summed E-state index contributed by atoms with van der Waals surface area (Å²) in [5, 5.41) is 10.2. The Morgan fingerprint density at radius 2 is 1.90 bits per heavy atom. The van der Waals surface area contributed by atoms with Crippen molar-refractivity contribution in [1.82, 2.24) is 0 Å². The molecule has 0 fully saturated rings. The highest BCUT2D eigenvalue weighted by Gasteiger charge is 2.21. The first kappa shape index (κ1) is 14.7. The first-order chi connectivity index (χ1) is 9.56. The molecule has 0 unspecified atom stereocenters. The Labute approximate surface area is 126 Å². The van der Waals surface area contributed by atoms with Crippen LogP contribution >= 0.6 is 23.2 Å². The number of carboxylic acids is 1. The van der Waals surface area contributed by atoms with E-state index in [0.717, 1.165) is 5.56 Å². The van der Waals surface area contributed by atoms with Crippen LogP contribution < -0.4 is 4.74 Å². The molecule has 1 atom stereocenters. The molecule has 0 aliphatic rings. The van der Waals surface area contributed by atoms with Gasteiger partial charge in [-0.15, -0.1) is 0 Å². The number of hydrogen-bond donors (Lipinski definition) is 1. The molecule has 0 bridgehead atoms. The molecule has 2 aromatic rings. The van der Waals surface area contributed by atoms with E-state index in [1.54, 1.807) is 48.5 Å². The van der Waals surface area contributed by atoms with Gasteiger partial charge in [0.2, 0.25) is 0 Å². The normalized spacial score (nSPS) is 11.9. The van der Waals surface area contributed by atoms with Gasteiger partial charge in [0, 0.05) is 11.4 Å². The Hall–Kier alpha value is -1.71. The number of carboxylic acid groups (broad SMARTS) is 1. The molecule has 0 radical (unpaired) electrons. The topological polar surface area (TPSA) is 46.5 Å². The van der Waals surface area contributed by atoms with Crippen LogP contribution in [0.2, 0.25) is 10.0 Å². The smallest absolute Gasteiger partial charge is 0.345 e. The van der Waals surface area contributed by atoms with Gasteiger partial charge in [-0.3, -0.25) is 0 Å². The van der Waals surface area contributed by atoms with E-state index in [0.29, 0.717) is 15.8 Å². The van der Waals surface area contributed by atoms with Crippen molar-refractivity contribution < 1.29 is 14.6 Å². The van der Waals surface area contributed by atoms with Gasteiger partial charge >= 0.3 is 5.97 Å². The molecule has 1 N–H and O–H groups in total. The zero-order valence-electron chi connectivity index (χ0n) is 10.4. The van der Waals surface area contributed by atoms with Crippen LogP contribution in [-0.4, -0.2) is 17.2 Å². The van der Waals surface area contributed by atoms with Crippen molar-refractivity contribution in [3.05, 3.63) is 64.1 Å². The van der Waals surface area contributed by atoms with Gasteiger partial charge in [-0.05, 0) is 29.8 Å². The second-order valence-corrected chi connectivity index (χ2v) is 5.05. The van der Waals surface area contributed by atoms with Gasteiger partial charge in [0.05, 0.1) is 5.02 Å². The Kier molecular flexibility index (Phi) is 4.88. The molecule has 0 spiro atoms. The third kappa shape index (κ3) is 3.89. The average molecular weight is 311 g/mol. The second kappa shape index (κ2) is 6.64. The van der Waals surface area contributed by atoms with Crippen molar-refractivity contribution in [2.75, 3.05) is 0 Å². The molecular formula is C15H12Cl2O3. The fourth-order valence-electron chi connectivity index (χ4n) is 1.75. The van der Waals surface area contributed by atoms with Crippen LogP contribution in [-0.2, 0) is 11.2 Å². The van der Waals surface area contributed by atoms with E-state index >= 15 is 0 Å². The number of ether oxygens (including phenoxy) is 1. The number of halogens is 2. The Morgan fingerprint density at radius 3 is 2.55 bits per heavy atom. The van der Waals surface area contributed by atoms with Gasteiger partial charge in [-0.25, -0.2) is 4.79 Å². The third-order valence-electron chi connectivity index (χ3n) is 2.69. The van der Waals surface area contributed by atoms with E-state index in [4.69, 9.17) is 27.9 Å². The molecule has 3 nitrogen and oxygen atoms in total. The number of carbonyl (C=O) groups is 1. The minimum Gasteiger partial charge on any atom is -0.478 e. The first-order valence-electron chi connectivity index (χ1n) is 5.94. The molecule has 2 rings (SSSR count). The molecule has 5 heteroatoms. The molecule has 104 valence electrons. The SMILES string of the molecule is O=C(O)[C@H](Cc1cccc(Cl)c1)Oc1ccccc1Cl. The largest absolute Gasteiger partial charge is 0.478 e. The Balaban J connectivity index is 2.16. The van der Waals surface area contributed by atoms with Crippen LogP contribution in [0.4, 0.5) is 0 Å². The molecule has 0 aliphatic carbocycles. The molecule has 0 saturated carbocycles. The lowest BCUT2D eigenvalue weighted by atomic mass is 10.1. The molecule has 0 aliphatic heterocycles. The lowest BCUT2D eigenvalue weighted by molar-refractivity contribution is -0.145. The highest BCUT2D eigenvalue weighted by molar-refractivity contribution is 6.32. The molecule has 0 heterocycles.